The van der Waals surface area contributed by atoms with Gasteiger partial charge in [0, 0.05) is 5.56 Å². The third kappa shape index (κ3) is 9.50. The zero-order chi connectivity index (χ0) is 24.5. The second kappa shape index (κ2) is 13.1. The average molecular weight is 470 g/mol. The average Bonchev–Trinajstić information content (AvgIpc) is 2.65. The molecule has 0 saturated heterocycles. The maximum Gasteiger partial charge on any atom is 0.259 e. The van der Waals surface area contributed by atoms with E-state index in [0.29, 0.717) is 16.8 Å². The first-order valence-corrected chi connectivity index (χ1v) is 13.2. The molecule has 2 N–H and O–H groups in total. The summed E-state index contributed by atoms with van der Waals surface area (Å²) in [7, 11) is 0. The molecule has 0 aliphatic rings. The molecule has 1 aromatic rings. The van der Waals surface area contributed by atoms with Crippen LogP contribution in [0.4, 0.5) is 0 Å². The van der Waals surface area contributed by atoms with Gasteiger partial charge >= 0.3 is 0 Å². The first-order chi connectivity index (χ1) is 14.8. The number of benzene rings is 1. The van der Waals surface area contributed by atoms with Crippen molar-refractivity contribution >= 4 is 11.3 Å². The quantitative estimate of drug-likeness (QED) is 0.167. The molecule has 0 fully saturated rings. The Morgan fingerprint density at radius 2 is 1.62 bits per heavy atom. The van der Waals surface area contributed by atoms with Crippen molar-refractivity contribution in [3.05, 3.63) is 29.3 Å². The van der Waals surface area contributed by atoms with Crippen molar-refractivity contribution in [2.45, 2.75) is 112 Å². The van der Waals surface area contributed by atoms with Crippen molar-refractivity contribution in [3.8, 4) is 5.75 Å². The molecule has 186 valence electrons. The Bertz CT molecular complexity index is 712. The molecule has 6 heteroatoms. The molecule has 0 aliphatic carbocycles. The Morgan fingerprint density at radius 1 is 1.03 bits per heavy atom. The molecular formula is C26H47NO4S. The number of ether oxygens (including phenoxy) is 1. The van der Waals surface area contributed by atoms with E-state index in [-0.39, 0.29) is 16.7 Å². The summed E-state index contributed by atoms with van der Waals surface area (Å²) in [6, 6.07) is 5.48. The van der Waals surface area contributed by atoms with Crippen LogP contribution in [0.15, 0.2) is 18.2 Å². The van der Waals surface area contributed by atoms with Crippen molar-refractivity contribution in [3.63, 3.8) is 0 Å². The molecule has 1 rings (SSSR count). The molecule has 32 heavy (non-hydrogen) atoms. The van der Waals surface area contributed by atoms with E-state index in [0.717, 1.165) is 30.4 Å². The highest BCUT2D eigenvalue weighted by Gasteiger charge is 2.33. The van der Waals surface area contributed by atoms with Gasteiger partial charge in [0.1, 0.15) is 5.75 Å². The van der Waals surface area contributed by atoms with E-state index in [1.165, 1.54) is 25.7 Å². The van der Waals surface area contributed by atoms with Crippen molar-refractivity contribution in [2.75, 3.05) is 6.61 Å². The molecular weight excluding hydrogens is 422 g/mol. The highest BCUT2D eigenvalue weighted by Crippen LogP contribution is 2.41. The van der Waals surface area contributed by atoms with Crippen molar-refractivity contribution in [1.82, 2.24) is 4.47 Å². The van der Waals surface area contributed by atoms with Crippen LogP contribution in [0.1, 0.15) is 118 Å². The normalized spacial score (nSPS) is 14.8. The Kier molecular flexibility index (Phi) is 11.9. The molecule has 5 nitrogen and oxygen atoms in total. The lowest BCUT2D eigenvalue weighted by Gasteiger charge is -2.35. The van der Waals surface area contributed by atoms with Crippen LogP contribution >= 0.6 is 0 Å². The van der Waals surface area contributed by atoms with Gasteiger partial charge in [0.25, 0.3) is 11.3 Å². The molecule has 0 bridgehead atoms. The summed E-state index contributed by atoms with van der Waals surface area (Å²) in [5, 5.41) is 10.4. The molecule has 0 saturated carbocycles. The number of hydrogen-bond donors (Lipinski definition) is 2. The maximum atomic E-state index is 11.7. The first kappa shape index (κ1) is 29.1. The lowest BCUT2D eigenvalue weighted by Crippen LogP contribution is -2.31. The van der Waals surface area contributed by atoms with Gasteiger partial charge in [-0.15, -0.1) is 0 Å². The molecule has 2 atom stereocenters. The van der Waals surface area contributed by atoms with Crippen LogP contribution in [0.2, 0.25) is 0 Å². The van der Waals surface area contributed by atoms with E-state index in [1.807, 2.05) is 19.9 Å². The lowest BCUT2D eigenvalue weighted by molar-refractivity contribution is -0.0541. The number of unbranched alkanes of at least 4 members (excludes halogenated alkanes) is 5. The lowest BCUT2D eigenvalue weighted by atomic mass is 9.72. The third-order valence-corrected chi connectivity index (χ3v) is 6.41. The van der Waals surface area contributed by atoms with Gasteiger partial charge in [0.15, 0.2) is 0 Å². The fraction of sp³-hybridized carbons (Fsp3) is 0.769. The second-order valence-electron chi connectivity index (χ2n) is 11.2. The van der Waals surface area contributed by atoms with Crippen molar-refractivity contribution in [2.24, 2.45) is 11.3 Å². The molecule has 0 heterocycles. The maximum absolute atomic E-state index is 11.7. The van der Waals surface area contributed by atoms with Crippen LogP contribution < -0.4 is 4.74 Å². The van der Waals surface area contributed by atoms with Gasteiger partial charge in [-0.3, -0.25) is 9.76 Å². The molecule has 0 amide bonds. The SMILES string of the molecule is CCCCCCCCOc1ccc(C(C)(C)CC(C)(C)C)cc1C(C(C)C)N(O)S(=O)O. The van der Waals surface area contributed by atoms with Crippen LogP contribution in [0.3, 0.4) is 0 Å². The van der Waals surface area contributed by atoms with Crippen LogP contribution in [-0.2, 0) is 16.7 Å². The Morgan fingerprint density at radius 3 is 2.16 bits per heavy atom. The predicted octanol–water partition coefficient (Wildman–Crippen LogP) is 7.66. The highest BCUT2D eigenvalue weighted by molar-refractivity contribution is 7.76. The summed E-state index contributed by atoms with van der Waals surface area (Å²) in [6.07, 6.45) is 8.07. The Balaban J connectivity index is 3.21. The van der Waals surface area contributed by atoms with E-state index in [1.54, 1.807) is 0 Å². The van der Waals surface area contributed by atoms with Crippen LogP contribution in [0.5, 0.6) is 5.75 Å². The van der Waals surface area contributed by atoms with E-state index >= 15 is 0 Å². The minimum absolute atomic E-state index is 0.0894. The molecule has 0 radical (unpaired) electrons. The second-order valence-corrected chi connectivity index (χ2v) is 12.0. The number of hydroxylamine groups is 1. The number of hydrogen-bond acceptors (Lipinski definition) is 3. The smallest absolute Gasteiger partial charge is 0.259 e. The van der Waals surface area contributed by atoms with Crippen molar-refractivity contribution < 1.29 is 18.7 Å². The molecule has 0 aromatic heterocycles. The Hall–Kier alpha value is -0.950. The van der Waals surface area contributed by atoms with Gasteiger partial charge in [-0.1, -0.05) is 98.0 Å². The van der Waals surface area contributed by atoms with Gasteiger partial charge in [-0.25, -0.2) is 4.21 Å². The molecule has 0 spiro atoms. The largest absolute Gasteiger partial charge is 0.493 e. The van der Waals surface area contributed by atoms with Gasteiger partial charge in [0.05, 0.1) is 12.6 Å². The minimum Gasteiger partial charge on any atom is -0.493 e. The van der Waals surface area contributed by atoms with E-state index in [2.05, 4.69) is 53.7 Å². The molecule has 1 aromatic carbocycles. The fourth-order valence-corrected chi connectivity index (χ4v) is 5.21. The fourth-order valence-electron chi connectivity index (χ4n) is 4.65. The van der Waals surface area contributed by atoms with Crippen LogP contribution in [0.25, 0.3) is 0 Å². The van der Waals surface area contributed by atoms with Gasteiger partial charge in [-0.05, 0) is 47.3 Å². The van der Waals surface area contributed by atoms with E-state index in [9.17, 15) is 14.0 Å². The summed E-state index contributed by atoms with van der Waals surface area (Å²) < 4.78 is 28.0. The zero-order valence-corrected chi connectivity index (χ0v) is 22.4. The van der Waals surface area contributed by atoms with Gasteiger partial charge < -0.3 is 4.74 Å². The monoisotopic (exact) mass is 469 g/mol. The standard InChI is InChI=1S/C26H47NO4S/c1-9-10-11-12-13-14-17-31-23-16-15-21(26(7,8)19-25(4,5)6)18-22(23)24(20(2)3)27(28)32(29)30/h15-16,18,20,24,28H,9-14,17,19H2,1-8H3,(H,29,30). The topological polar surface area (TPSA) is 70.0 Å². The summed E-state index contributed by atoms with van der Waals surface area (Å²) in [5.74, 6) is 0.588. The zero-order valence-electron chi connectivity index (χ0n) is 21.6. The van der Waals surface area contributed by atoms with Gasteiger partial charge in [-0.2, -0.15) is 0 Å². The summed E-state index contributed by atoms with van der Waals surface area (Å²) in [5.41, 5.74) is 1.96. The van der Waals surface area contributed by atoms with Crippen molar-refractivity contribution in [1.29, 1.82) is 0 Å². The summed E-state index contributed by atoms with van der Waals surface area (Å²) in [6.45, 7) is 17.8. The van der Waals surface area contributed by atoms with E-state index < -0.39 is 17.3 Å². The predicted molar refractivity (Wildman–Crippen MR) is 134 cm³/mol. The van der Waals surface area contributed by atoms with Crippen LogP contribution in [0, 0.1) is 11.3 Å². The minimum atomic E-state index is -2.49. The molecule has 0 aliphatic heterocycles. The highest BCUT2D eigenvalue weighted by atomic mass is 32.2. The molecule has 2 unspecified atom stereocenters. The Labute approximate surface area is 199 Å². The first-order valence-electron chi connectivity index (χ1n) is 12.2. The van der Waals surface area contributed by atoms with Gasteiger partial charge in [0.2, 0.25) is 0 Å². The van der Waals surface area contributed by atoms with Crippen LogP contribution in [-0.4, -0.2) is 25.0 Å². The number of nitrogens with zero attached hydrogens (tertiary/aromatic N) is 1. The summed E-state index contributed by atoms with van der Waals surface area (Å²) >= 11 is -2.49. The summed E-state index contributed by atoms with van der Waals surface area (Å²) in [4.78, 5) is 0. The number of rotatable bonds is 14. The third-order valence-electron chi connectivity index (χ3n) is 5.87. The van der Waals surface area contributed by atoms with E-state index in [4.69, 9.17) is 4.74 Å².